The van der Waals surface area contributed by atoms with Crippen molar-refractivity contribution in [1.82, 2.24) is 9.13 Å². The zero-order valence-electron chi connectivity index (χ0n) is 29.0. The quantitative estimate of drug-likeness (QED) is 0.169. The van der Waals surface area contributed by atoms with Crippen LogP contribution in [-0.2, 0) is 0 Å². The molecule has 0 bridgehead atoms. The predicted octanol–water partition coefficient (Wildman–Crippen LogP) is 11.8. The molecule has 2 heteroatoms. The van der Waals surface area contributed by atoms with Crippen LogP contribution >= 0.6 is 0 Å². The average Bonchev–Trinajstić information content (AvgIpc) is 3.69. The first-order chi connectivity index (χ1) is 25.1. The van der Waals surface area contributed by atoms with Crippen LogP contribution in [0, 0.1) is 6.92 Å². The Morgan fingerprint density at radius 3 is 1.73 bits per heavy atom. The monoisotopic (exact) mass is 654 g/mol. The second-order valence-electron chi connectivity index (χ2n) is 13.4. The third-order valence-electron chi connectivity index (χ3n) is 10.5. The fraction of sp³-hybridized carbons (Fsp3) is 0.0612. The molecule has 0 atom stereocenters. The number of allylic oxidation sites excluding steroid dienone is 2. The molecule has 0 aliphatic heterocycles. The van der Waals surface area contributed by atoms with E-state index in [1.807, 2.05) is 6.08 Å². The van der Waals surface area contributed by atoms with E-state index in [-0.39, 0.29) is 0 Å². The Morgan fingerprint density at radius 1 is 0.549 bits per heavy atom. The maximum absolute atomic E-state index is 4.52. The van der Waals surface area contributed by atoms with Crippen LogP contribution in [0.3, 0.4) is 0 Å². The molecule has 2 nitrogen and oxygen atoms in total. The summed E-state index contributed by atoms with van der Waals surface area (Å²) in [6, 6.07) is 48.8. The van der Waals surface area contributed by atoms with Crippen molar-refractivity contribution < 1.29 is 0 Å². The van der Waals surface area contributed by atoms with E-state index in [1.165, 1.54) is 82.3 Å². The molecule has 0 aliphatic rings. The third-order valence-corrected chi connectivity index (χ3v) is 10.5. The van der Waals surface area contributed by atoms with Crippen molar-refractivity contribution in [2.24, 2.45) is 0 Å². The van der Waals surface area contributed by atoms with Gasteiger partial charge < -0.3 is 9.13 Å². The van der Waals surface area contributed by atoms with Gasteiger partial charge in [0.15, 0.2) is 0 Å². The highest BCUT2D eigenvalue weighted by Gasteiger charge is 2.17. The van der Waals surface area contributed by atoms with Gasteiger partial charge in [-0.1, -0.05) is 117 Å². The minimum atomic E-state index is 0.986. The summed E-state index contributed by atoms with van der Waals surface area (Å²) in [6.45, 7) is 12.9. The van der Waals surface area contributed by atoms with Gasteiger partial charge in [-0.3, -0.25) is 0 Å². The lowest BCUT2D eigenvalue weighted by atomic mass is 9.94. The van der Waals surface area contributed by atoms with Crippen LogP contribution in [0.2, 0.25) is 0 Å². The van der Waals surface area contributed by atoms with Gasteiger partial charge in [0, 0.05) is 32.9 Å². The summed E-state index contributed by atoms with van der Waals surface area (Å²) in [6.07, 6.45) is 9.44. The van der Waals surface area contributed by atoms with E-state index in [0.717, 1.165) is 22.5 Å². The van der Waals surface area contributed by atoms with Crippen LogP contribution in [0.4, 0.5) is 0 Å². The van der Waals surface area contributed by atoms with Gasteiger partial charge in [0.2, 0.25) is 0 Å². The molecule has 0 spiro atoms. The fourth-order valence-electron chi connectivity index (χ4n) is 8.06. The molecule has 244 valence electrons. The van der Waals surface area contributed by atoms with E-state index in [0.29, 0.717) is 0 Å². The first-order valence-corrected chi connectivity index (χ1v) is 17.7. The van der Waals surface area contributed by atoms with Crippen molar-refractivity contribution >= 4 is 73.1 Å². The van der Waals surface area contributed by atoms with Crippen LogP contribution in [0.15, 0.2) is 152 Å². The van der Waals surface area contributed by atoms with Gasteiger partial charge in [-0.05, 0) is 117 Å². The zero-order chi connectivity index (χ0) is 34.6. The lowest BCUT2D eigenvalue weighted by Gasteiger charge is -2.14. The maximum Gasteiger partial charge on any atom is 0.0541 e. The van der Waals surface area contributed by atoms with E-state index in [1.54, 1.807) is 0 Å². The lowest BCUT2D eigenvalue weighted by molar-refractivity contribution is 1.18. The van der Waals surface area contributed by atoms with Gasteiger partial charge in [-0.25, -0.2) is 0 Å². The number of para-hydroxylation sites is 3. The highest BCUT2D eigenvalue weighted by molar-refractivity contribution is 6.13. The molecule has 0 unspecified atom stereocenters. The summed E-state index contributed by atoms with van der Waals surface area (Å²) >= 11 is 0. The molecule has 0 radical (unpaired) electrons. The van der Waals surface area contributed by atoms with Gasteiger partial charge in [-0.2, -0.15) is 0 Å². The molecule has 2 heterocycles. The van der Waals surface area contributed by atoms with Crippen molar-refractivity contribution in [2.75, 3.05) is 0 Å². The van der Waals surface area contributed by atoms with Crippen molar-refractivity contribution in [3.8, 4) is 22.5 Å². The number of benzene rings is 7. The summed E-state index contributed by atoms with van der Waals surface area (Å²) in [5.41, 5.74) is 12.0. The number of aromatic nitrogens is 2. The minimum absolute atomic E-state index is 0.986. The number of hydrogen-bond acceptors (Lipinski definition) is 0. The number of rotatable bonds is 6. The fourth-order valence-corrected chi connectivity index (χ4v) is 8.06. The van der Waals surface area contributed by atoms with E-state index in [9.17, 15) is 0 Å². The summed E-state index contributed by atoms with van der Waals surface area (Å²) < 4.78 is 4.78. The molecule has 51 heavy (non-hydrogen) atoms. The smallest absolute Gasteiger partial charge is 0.0541 e. The number of fused-ring (bicyclic) bond motifs is 7. The molecule has 9 aromatic rings. The van der Waals surface area contributed by atoms with Crippen LogP contribution in [-0.4, -0.2) is 9.13 Å². The second-order valence-corrected chi connectivity index (χ2v) is 13.4. The van der Waals surface area contributed by atoms with Crippen LogP contribution in [0.25, 0.3) is 95.6 Å². The van der Waals surface area contributed by atoms with Gasteiger partial charge in [-0.15, -0.1) is 0 Å². The first kappa shape index (κ1) is 30.7. The highest BCUT2D eigenvalue weighted by Crippen LogP contribution is 2.38. The zero-order valence-corrected chi connectivity index (χ0v) is 29.0. The lowest BCUT2D eigenvalue weighted by Crippen LogP contribution is -2.28. The third kappa shape index (κ3) is 4.79. The molecular weight excluding hydrogens is 617 g/mol. The minimum Gasteiger partial charge on any atom is -0.309 e. The molecule has 2 aromatic heterocycles. The molecule has 0 amide bonds. The molecular formula is C49H38N2. The number of nitrogens with zero attached hydrogens (tertiary/aromatic N) is 2. The molecule has 0 fully saturated rings. The van der Waals surface area contributed by atoms with Crippen LogP contribution in [0.1, 0.15) is 24.5 Å². The van der Waals surface area contributed by atoms with Gasteiger partial charge in [0.05, 0.1) is 22.1 Å². The van der Waals surface area contributed by atoms with E-state index >= 15 is 0 Å². The Balaban J connectivity index is 1.25. The topological polar surface area (TPSA) is 9.86 Å². The van der Waals surface area contributed by atoms with Crippen molar-refractivity contribution in [3.63, 3.8) is 0 Å². The maximum atomic E-state index is 4.52. The van der Waals surface area contributed by atoms with Crippen LogP contribution in [0.5, 0.6) is 0 Å². The largest absolute Gasteiger partial charge is 0.309 e. The average molecular weight is 655 g/mol. The van der Waals surface area contributed by atoms with Gasteiger partial charge >= 0.3 is 0 Å². The number of hydrogen-bond donors (Lipinski definition) is 0. The van der Waals surface area contributed by atoms with E-state index < -0.39 is 0 Å². The molecule has 7 aromatic carbocycles. The Kier molecular flexibility index (Phi) is 7.33. The molecule has 0 saturated carbocycles. The second kappa shape index (κ2) is 12.2. The molecule has 9 rings (SSSR count). The summed E-state index contributed by atoms with van der Waals surface area (Å²) in [4.78, 5) is 0. The SMILES string of the molecule is C=C/C=c1\c(=C)c(C)c(/C=C\CC)c2ccc(-n3c4ccccc4c4cc(-c5ccc6c(c5)c5ccccc5n6-c5ccccc5)ccc43)cc12. The summed E-state index contributed by atoms with van der Waals surface area (Å²) in [5, 5.41) is 9.58. The predicted molar refractivity (Wildman–Crippen MR) is 222 cm³/mol. The van der Waals surface area contributed by atoms with E-state index in [4.69, 9.17) is 0 Å². The summed E-state index contributed by atoms with van der Waals surface area (Å²) in [5.74, 6) is 0. The Bertz CT molecular complexity index is 2990. The van der Waals surface area contributed by atoms with Crippen molar-refractivity contribution in [3.05, 3.63) is 174 Å². The molecule has 0 aliphatic carbocycles. The van der Waals surface area contributed by atoms with Gasteiger partial charge in [0.1, 0.15) is 0 Å². The summed E-state index contributed by atoms with van der Waals surface area (Å²) in [7, 11) is 0. The van der Waals surface area contributed by atoms with Crippen molar-refractivity contribution in [2.45, 2.75) is 20.3 Å². The standard InChI is InChI=1S/C49H38N2/c1-5-7-18-39-33(4)32(3)38(15-6-2)43-31-37(25-26-40(39)43)51-47-22-14-12-20-42(47)45-30-35(24-28-49(45)51)34-23-27-48-44(29-34)41-19-11-13-21-46(41)50(48)36-16-9-8-10-17-36/h6-31H,2-3,5H2,1,4H3/b18-7-,38-15+. The highest BCUT2D eigenvalue weighted by atomic mass is 15.0. The normalized spacial score (nSPS) is 12.4. The van der Waals surface area contributed by atoms with Gasteiger partial charge in [0.25, 0.3) is 0 Å². The Labute approximate surface area is 297 Å². The van der Waals surface area contributed by atoms with E-state index in [2.05, 4.69) is 188 Å². The molecule has 0 N–H and O–H groups in total. The first-order valence-electron chi connectivity index (χ1n) is 17.7. The Hall–Kier alpha value is -6.38. The van der Waals surface area contributed by atoms with Crippen molar-refractivity contribution in [1.29, 1.82) is 0 Å². The Morgan fingerprint density at radius 2 is 1.12 bits per heavy atom. The molecule has 0 saturated heterocycles. The van der Waals surface area contributed by atoms with Crippen LogP contribution < -0.4 is 10.4 Å².